The van der Waals surface area contributed by atoms with Crippen LogP contribution in [0.5, 0.6) is 0 Å². The van der Waals surface area contributed by atoms with E-state index in [0.717, 1.165) is 10.2 Å². The van der Waals surface area contributed by atoms with Gasteiger partial charge in [0, 0.05) is 6.54 Å². The molecule has 0 bridgehead atoms. The van der Waals surface area contributed by atoms with E-state index in [1.54, 1.807) is 6.92 Å². The van der Waals surface area contributed by atoms with Gasteiger partial charge in [0.25, 0.3) is 0 Å². The average Bonchev–Trinajstić information content (AvgIpc) is 3.26. The number of nitrogens with one attached hydrogen (secondary N) is 1. The van der Waals surface area contributed by atoms with Gasteiger partial charge in [-0.2, -0.15) is 15.1 Å². The molecule has 0 aliphatic heterocycles. The lowest BCUT2D eigenvalue weighted by molar-refractivity contribution is -0.0413. The molecule has 0 radical (unpaired) electrons. The second-order valence-electron chi connectivity index (χ2n) is 8.21. The van der Waals surface area contributed by atoms with E-state index in [2.05, 4.69) is 20.4 Å². The van der Waals surface area contributed by atoms with Crippen molar-refractivity contribution in [2.45, 2.75) is 38.4 Å². The zero-order valence-electron chi connectivity index (χ0n) is 20.0. The highest BCUT2D eigenvalue weighted by Crippen LogP contribution is 2.55. The van der Waals surface area contributed by atoms with Gasteiger partial charge >= 0.3 is 15.2 Å². The van der Waals surface area contributed by atoms with Gasteiger partial charge in [0.15, 0.2) is 23.9 Å². The lowest BCUT2D eigenvalue weighted by Gasteiger charge is -2.24. The third-order valence-electron chi connectivity index (χ3n) is 5.21. The van der Waals surface area contributed by atoms with Crippen LogP contribution < -0.4 is 5.32 Å². The molecule has 0 spiro atoms. The van der Waals surface area contributed by atoms with Crippen molar-refractivity contribution >= 4 is 43.6 Å². The maximum Gasteiger partial charge on any atom is 0.340 e. The quantitative estimate of drug-likeness (QED) is 0.0963. The van der Waals surface area contributed by atoms with Crippen molar-refractivity contribution < 1.29 is 42.9 Å². The lowest BCUT2D eigenvalue weighted by atomic mass is 10.0. The molecule has 0 aliphatic rings. The summed E-state index contributed by atoms with van der Waals surface area (Å²) in [7, 11) is -9.64. The van der Waals surface area contributed by atoms with E-state index in [-0.39, 0.29) is 28.7 Å². The fourth-order valence-electron chi connectivity index (χ4n) is 3.49. The minimum Gasteiger partial charge on any atom is -0.385 e. The molecule has 0 amide bonds. The van der Waals surface area contributed by atoms with Gasteiger partial charge in [0.05, 0.1) is 18.2 Å². The first-order chi connectivity index (χ1) is 17.8. The Hall–Kier alpha value is -2.25. The molecule has 3 rings (SSSR count). The molecule has 38 heavy (non-hydrogen) atoms. The number of rotatable bonds is 13. The summed E-state index contributed by atoms with van der Waals surface area (Å²) in [5.41, 5.74) is 0.690. The molecule has 1 aromatic carbocycles. The molecule has 2 heterocycles. The molecular weight excluding hydrogens is 567 g/mol. The molecule has 3 aromatic rings. The number of aliphatic hydroxyl groups excluding tert-OH is 2. The topological polar surface area (TPSA) is 200 Å². The number of nitrogens with zero attached hydrogens (tertiary/aromatic N) is 4. The van der Waals surface area contributed by atoms with E-state index in [1.807, 2.05) is 30.3 Å². The molecule has 0 fully saturated rings. The maximum absolute atomic E-state index is 15.3. The molecule has 4 atom stereocenters. The number of aliphatic hydroxyl groups is 2. The van der Waals surface area contributed by atoms with E-state index in [1.165, 1.54) is 12.3 Å². The Morgan fingerprint density at radius 3 is 2.53 bits per heavy atom. The number of anilines is 1. The van der Waals surface area contributed by atoms with E-state index in [0.29, 0.717) is 11.9 Å². The zero-order valence-corrected chi connectivity index (χ0v) is 22.5. The SMILES string of the molecule is CC/C=C(/COP(=O)(O)CP(=O)(O)O)[C@@H](O)[C@H](F)[C@@H](O)n1ncc2c(NCc3ccccc3)nc(Cl)nc21. The third-order valence-corrected chi connectivity index (χ3v) is 8.81. The van der Waals surface area contributed by atoms with Crippen LogP contribution in [-0.4, -0.2) is 69.4 Å². The molecule has 17 heteroatoms. The minimum atomic E-state index is -4.88. The number of benzene rings is 1. The molecule has 13 nitrogen and oxygen atoms in total. The Bertz CT molecular complexity index is 1370. The average molecular weight is 594 g/mol. The maximum atomic E-state index is 15.3. The number of halogens is 2. The van der Waals surface area contributed by atoms with Gasteiger partial charge in [-0.1, -0.05) is 43.3 Å². The van der Waals surface area contributed by atoms with Crippen molar-refractivity contribution in [2.24, 2.45) is 0 Å². The summed E-state index contributed by atoms with van der Waals surface area (Å²) in [5, 5.41) is 28.5. The predicted octanol–water partition coefficient (Wildman–Crippen LogP) is 2.96. The second-order valence-corrected chi connectivity index (χ2v) is 12.5. The summed E-state index contributed by atoms with van der Waals surface area (Å²) in [5.74, 6) is -1.17. The van der Waals surface area contributed by atoms with Gasteiger partial charge < -0.3 is 34.7 Å². The monoisotopic (exact) mass is 593 g/mol. The highest BCUT2D eigenvalue weighted by atomic mass is 35.5. The fourth-order valence-corrected chi connectivity index (χ4v) is 6.19. The van der Waals surface area contributed by atoms with Crippen LogP contribution in [0.4, 0.5) is 10.2 Å². The van der Waals surface area contributed by atoms with E-state index in [9.17, 15) is 24.2 Å². The summed E-state index contributed by atoms with van der Waals surface area (Å²) >= 11 is 6.04. The van der Waals surface area contributed by atoms with Crippen LogP contribution in [-0.2, 0) is 20.2 Å². The van der Waals surface area contributed by atoms with Crippen LogP contribution >= 0.6 is 26.8 Å². The van der Waals surface area contributed by atoms with Gasteiger partial charge in [-0.25, -0.2) is 9.07 Å². The number of hydrogen-bond donors (Lipinski definition) is 6. The standard InChI is InChI=1S/C21H27ClFN5O8P2/c1-2-6-14(11-36-38(34,35)12-37(31,32)33)17(29)16(23)20(30)28-19-15(10-25-28)18(26-21(22)27-19)24-9-13-7-4-3-5-8-13/h3-8,10,16-17,20,29-30H,2,9,11-12H2,1H3,(H,34,35)(H,24,26,27)(H2,31,32,33)/b14-6-/t16-,17+,20+/m0/s1. The number of alkyl halides is 1. The van der Waals surface area contributed by atoms with Crippen molar-refractivity contribution in [2.75, 3.05) is 17.8 Å². The predicted molar refractivity (Wildman–Crippen MR) is 137 cm³/mol. The van der Waals surface area contributed by atoms with Gasteiger partial charge in [-0.15, -0.1) is 0 Å². The normalized spacial score (nSPS) is 16.7. The summed E-state index contributed by atoms with van der Waals surface area (Å²) in [6, 6.07) is 9.38. The Kier molecular flexibility index (Phi) is 10.2. The van der Waals surface area contributed by atoms with Crippen LogP contribution in [0.2, 0.25) is 5.28 Å². The summed E-state index contributed by atoms with van der Waals surface area (Å²) in [6.07, 6.45) is -3.70. The van der Waals surface area contributed by atoms with Crippen LogP contribution in [0.1, 0.15) is 25.1 Å². The van der Waals surface area contributed by atoms with E-state index in [4.69, 9.17) is 25.9 Å². The number of aromatic nitrogens is 4. The van der Waals surface area contributed by atoms with E-state index < -0.39 is 46.2 Å². The van der Waals surface area contributed by atoms with Crippen molar-refractivity contribution in [1.82, 2.24) is 19.7 Å². The van der Waals surface area contributed by atoms with Crippen LogP contribution in [0.25, 0.3) is 11.0 Å². The fraction of sp³-hybridized carbons (Fsp3) is 0.381. The summed E-state index contributed by atoms with van der Waals surface area (Å²) < 4.78 is 43.8. The van der Waals surface area contributed by atoms with Crippen molar-refractivity contribution in [3.8, 4) is 0 Å². The Morgan fingerprint density at radius 1 is 1.21 bits per heavy atom. The van der Waals surface area contributed by atoms with Gasteiger partial charge in [-0.05, 0) is 29.2 Å². The van der Waals surface area contributed by atoms with Gasteiger partial charge in [0.1, 0.15) is 11.9 Å². The first kappa shape index (κ1) is 30.3. The molecule has 208 valence electrons. The molecule has 0 saturated heterocycles. The van der Waals surface area contributed by atoms with Crippen LogP contribution in [0.3, 0.4) is 0 Å². The Labute approximate surface area is 221 Å². The highest BCUT2D eigenvalue weighted by molar-refractivity contribution is 7.70. The number of hydrogen-bond acceptors (Lipinski definition) is 9. The molecule has 6 N–H and O–H groups in total. The zero-order chi connectivity index (χ0) is 28.1. The molecule has 0 saturated carbocycles. The Morgan fingerprint density at radius 2 is 1.89 bits per heavy atom. The molecule has 0 aliphatic carbocycles. The van der Waals surface area contributed by atoms with Crippen LogP contribution in [0.15, 0.2) is 48.2 Å². The first-order valence-corrected chi connectivity index (χ1v) is 15.1. The van der Waals surface area contributed by atoms with Crippen molar-refractivity contribution in [1.29, 1.82) is 0 Å². The number of allylic oxidation sites excluding steroid dienone is 1. The molecule has 1 unspecified atom stereocenters. The highest BCUT2D eigenvalue weighted by Gasteiger charge is 2.35. The largest absolute Gasteiger partial charge is 0.385 e. The smallest absolute Gasteiger partial charge is 0.340 e. The van der Waals surface area contributed by atoms with Gasteiger partial charge in [0.2, 0.25) is 5.28 Å². The van der Waals surface area contributed by atoms with Crippen molar-refractivity contribution in [3.63, 3.8) is 0 Å². The minimum absolute atomic E-state index is 0.0262. The van der Waals surface area contributed by atoms with Crippen LogP contribution in [0, 0.1) is 0 Å². The Balaban J connectivity index is 1.80. The third kappa shape index (κ3) is 8.12. The first-order valence-electron chi connectivity index (χ1n) is 11.2. The molecular formula is C21H27ClFN5O8P2. The second kappa shape index (κ2) is 12.7. The summed E-state index contributed by atoms with van der Waals surface area (Å²) in [6.45, 7) is 1.19. The number of fused-ring (bicyclic) bond motifs is 1. The molecule has 2 aromatic heterocycles. The van der Waals surface area contributed by atoms with E-state index >= 15 is 4.39 Å². The van der Waals surface area contributed by atoms with Gasteiger partial charge in [-0.3, -0.25) is 9.13 Å². The summed E-state index contributed by atoms with van der Waals surface area (Å²) in [4.78, 5) is 35.7. The lowest BCUT2D eigenvalue weighted by Crippen LogP contribution is -2.35. The van der Waals surface area contributed by atoms with Crippen molar-refractivity contribution in [3.05, 3.63) is 59.0 Å².